The lowest BCUT2D eigenvalue weighted by Crippen LogP contribution is -2.21. The summed E-state index contributed by atoms with van der Waals surface area (Å²) < 4.78 is 10.5. The lowest BCUT2D eigenvalue weighted by molar-refractivity contribution is -0.116. The van der Waals surface area contributed by atoms with Crippen molar-refractivity contribution >= 4 is 17.5 Å². The van der Waals surface area contributed by atoms with E-state index in [1.165, 1.54) is 0 Å². The summed E-state index contributed by atoms with van der Waals surface area (Å²) in [5.41, 5.74) is 0.995. The number of likely N-dealkylation sites (N-methyl/N-ethyl adjacent to an activating group) is 1. The molecule has 27 heavy (non-hydrogen) atoms. The third-order valence-electron chi connectivity index (χ3n) is 3.89. The van der Waals surface area contributed by atoms with Gasteiger partial charge in [0.25, 0.3) is 0 Å². The zero-order valence-corrected chi connectivity index (χ0v) is 16.3. The van der Waals surface area contributed by atoms with Gasteiger partial charge in [-0.1, -0.05) is 6.07 Å². The van der Waals surface area contributed by atoms with E-state index in [1.54, 1.807) is 26.4 Å². The Hall–Kier alpha value is -2.87. The first-order chi connectivity index (χ1) is 13.0. The molecule has 1 aromatic carbocycles. The largest absolute Gasteiger partial charge is 0.493 e. The van der Waals surface area contributed by atoms with Gasteiger partial charge in [-0.3, -0.25) is 4.79 Å². The Morgan fingerprint density at radius 3 is 2.37 bits per heavy atom. The molecule has 2 rings (SSSR count). The average molecular weight is 373 g/mol. The van der Waals surface area contributed by atoms with E-state index < -0.39 is 0 Å². The van der Waals surface area contributed by atoms with Crippen LogP contribution in [-0.4, -0.2) is 62.4 Å². The molecule has 0 saturated carbocycles. The van der Waals surface area contributed by atoms with Crippen molar-refractivity contribution in [3.8, 4) is 11.5 Å². The molecule has 8 nitrogen and oxygen atoms in total. The first-order valence-electron chi connectivity index (χ1n) is 8.75. The molecule has 0 fully saturated rings. The van der Waals surface area contributed by atoms with Crippen LogP contribution in [0.5, 0.6) is 11.5 Å². The number of nitrogens with one attached hydrogen (secondary N) is 2. The average Bonchev–Trinajstić information content (AvgIpc) is 2.67. The van der Waals surface area contributed by atoms with Gasteiger partial charge in [-0.05, 0) is 50.3 Å². The molecule has 1 amide bonds. The van der Waals surface area contributed by atoms with Gasteiger partial charge in [-0.25, -0.2) is 0 Å². The maximum atomic E-state index is 12.1. The molecule has 0 aliphatic rings. The number of hydrogen-bond donors (Lipinski definition) is 2. The zero-order valence-electron chi connectivity index (χ0n) is 16.3. The molecular formula is C19H27N5O3. The highest BCUT2D eigenvalue weighted by molar-refractivity contribution is 5.89. The minimum absolute atomic E-state index is 0.118. The number of aryl methyl sites for hydroxylation is 1. The van der Waals surface area contributed by atoms with Crippen LogP contribution in [-0.2, 0) is 11.2 Å². The number of benzene rings is 1. The number of hydrogen-bond acceptors (Lipinski definition) is 7. The summed E-state index contributed by atoms with van der Waals surface area (Å²) in [5.74, 6) is 2.32. The topological polar surface area (TPSA) is 88.6 Å². The van der Waals surface area contributed by atoms with Gasteiger partial charge in [0, 0.05) is 19.5 Å². The van der Waals surface area contributed by atoms with E-state index in [-0.39, 0.29) is 5.91 Å². The van der Waals surface area contributed by atoms with Crippen molar-refractivity contribution in [3.63, 3.8) is 0 Å². The minimum atomic E-state index is -0.118. The molecule has 0 unspecified atom stereocenters. The summed E-state index contributed by atoms with van der Waals surface area (Å²) in [6, 6.07) is 9.16. The van der Waals surface area contributed by atoms with Crippen molar-refractivity contribution in [3.05, 3.63) is 35.9 Å². The highest BCUT2D eigenvalue weighted by Gasteiger charge is 2.08. The van der Waals surface area contributed by atoms with Crippen LogP contribution in [0.1, 0.15) is 12.0 Å². The van der Waals surface area contributed by atoms with E-state index in [0.717, 1.165) is 18.7 Å². The van der Waals surface area contributed by atoms with Crippen LogP contribution in [0.4, 0.5) is 11.6 Å². The Morgan fingerprint density at radius 2 is 1.74 bits per heavy atom. The van der Waals surface area contributed by atoms with Gasteiger partial charge in [0.1, 0.15) is 5.82 Å². The van der Waals surface area contributed by atoms with Crippen molar-refractivity contribution in [1.29, 1.82) is 0 Å². The summed E-state index contributed by atoms with van der Waals surface area (Å²) in [6.07, 6.45) is 0.920. The van der Waals surface area contributed by atoms with E-state index in [0.29, 0.717) is 36.0 Å². The summed E-state index contributed by atoms with van der Waals surface area (Å²) in [6.45, 7) is 1.68. The number of amides is 1. The van der Waals surface area contributed by atoms with E-state index in [4.69, 9.17) is 9.47 Å². The fraction of sp³-hybridized carbons (Fsp3) is 0.421. The van der Waals surface area contributed by atoms with Crippen LogP contribution >= 0.6 is 0 Å². The zero-order chi connectivity index (χ0) is 19.6. The predicted molar refractivity (Wildman–Crippen MR) is 106 cm³/mol. The van der Waals surface area contributed by atoms with Crippen LogP contribution in [0.3, 0.4) is 0 Å². The van der Waals surface area contributed by atoms with Gasteiger partial charge in [0.05, 0.1) is 14.2 Å². The molecule has 8 heteroatoms. The summed E-state index contributed by atoms with van der Waals surface area (Å²) >= 11 is 0. The van der Waals surface area contributed by atoms with Crippen LogP contribution in [0.2, 0.25) is 0 Å². The first kappa shape index (κ1) is 20.4. The number of rotatable bonds is 10. The monoisotopic (exact) mass is 373 g/mol. The fourth-order valence-corrected chi connectivity index (χ4v) is 2.40. The van der Waals surface area contributed by atoms with Gasteiger partial charge in [0.15, 0.2) is 17.3 Å². The van der Waals surface area contributed by atoms with E-state index in [2.05, 4.69) is 25.7 Å². The first-order valence-corrected chi connectivity index (χ1v) is 8.75. The van der Waals surface area contributed by atoms with Crippen molar-refractivity contribution in [2.45, 2.75) is 12.8 Å². The van der Waals surface area contributed by atoms with Crippen molar-refractivity contribution in [2.24, 2.45) is 0 Å². The normalized spacial score (nSPS) is 10.6. The summed E-state index contributed by atoms with van der Waals surface area (Å²) in [5, 5.41) is 14.0. The van der Waals surface area contributed by atoms with Crippen molar-refractivity contribution in [2.75, 3.05) is 52.0 Å². The van der Waals surface area contributed by atoms with Gasteiger partial charge < -0.3 is 25.0 Å². The number of carbonyl (C=O) groups is 1. The van der Waals surface area contributed by atoms with Crippen molar-refractivity contribution < 1.29 is 14.3 Å². The number of anilines is 2. The SMILES string of the molecule is COc1ccc(CCC(=O)Nc2ccc(NCCN(C)C)nn2)cc1OC. The van der Waals surface area contributed by atoms with E-state index in [9.17, 15) is 4.79 Å². The molecule has 146 valence electrons. The minimum Gasteiger partial charge on any atom is -0.493 e. The fourth-order valence-electron chi connectivity index (χ4n) is 2.40. The van der Waals surface area contributed by atoms with Gasteiger partial charge in [-0.15, -0.1) is 10.2 Å². The smallest absolute Gasteiger partial charge is 0.225 e. The van der Waals surface area contributed by atoms with Crippen LogP contribution in [0.25, 0.3) is 0 Å². The number of aromatic nitrogens is 2. The third kappa shape index (κ3) is 6.74. The molecule has 2 aromatic rings. The molecule has 0 aliphatic heterocycles. The highest BCUT2D eigenvalue weighted by atomic mass is 16.5. The Morgan fingerprint density at radius 1 is 1.04 bits per heavy atom. The highest BCUT2D eigenvalue weighted by Crippen LogP contribution is 2.27. The Bertz CT molecular complexity index is 735. The second-order valence-electron chi connectivity index (χ2n) is 6.27. The molecule has 0 saturated heterocycles. The number of nitrogens with zero attached hydrogens (tertiary/aromatic N) is 3. The quantitative estimate of drug-likeness (QED) is 0.659. The predicted octanol–water partition coefficient (Wildman–Crippen LogP) is 2.04. The molecule has 0 atom stereocenters. The second-order valence-corrected chi connectivity index (χ2v) is 6.27. The Kier molecular flexibility index (Phi) is 7.81. The van der Waals surface area contributed by atoms with Gasteiger partial charge in [-0.2, -0.15) is 0 Å². The van der Waals surface area contributed by atoms with Gasteiger partial charge >= 0.3 is 0 Å². The molecule has 1 aromatic heterocycles. The standard InChI is InChI=1S/C19H27N5O3/c1-24(2)12-11-20-17-8-9-18(23-22-17)21-19(25)10-6-14-5-7-15(26-3)16(13-14)27-4/h5,7-9,13H,6,10-12H2,1-4H3,(H,20,22)(H,21,23,25). The Balaban J connectivity index is 1.81. The maximum Gasteiger partial charge on any atom is 0.225 e. The molecular weight excluding hydrogens is 346 g/mol. The third-order valence-corrected chi connectivity index (χ3v) is 3.89. The van der Waals surface area contributed by atoms with Crippen molar-refractivity contribution in [1.82, 2.24) is 15.1 Å². The number of ether oxygens (including phenoxy) is 2. The van der Waals surface area contributed by atoms with Crippen LogP contribution in [0, 0.1) is 0 Å². The Labute approximate surface area is 159 Å². The van der Waals surface area contributed by atoms with E-state index >= 15 is 0 Å². The number of carbonyl (C=O) groups excluding carboxylic acids is 1. The van der Waals surface area contributed by atoms with Gasteiger partial charge in [0.2, 0.25) is 5.91 Å². The summed E-state index contributed by atoms with van der Waals surface area (Å²) in [4.78, 5) is 14.2. The molecule has 0 spiro atoms. The van der Waals surface area contributed by atoms with Crippen LogP contribution < -0.4 is 20.1 Å². The molecule has 1 heterocycles. The molecule has 0 aliphatic carbocycles. The van der Waals surface area contributed by atoms with E-state index in [1.807, 2.05) is 32.3 Å². The maximum absolute atomic E-state index is 12.1. The second kappa shape index (κ2) is 10.3. The molecule has 0 radical (unpaired) electrons. The lowest BCUT2D eigenvalue weighted by Gasteiger charge is -2.11. The molecule has 0 bridgehead atoms. The van der Waals surface area contributed by atoms with Crippen LogP contribution in [0.15, 0.2) is 30.3 Å². The number of methoxy groups -OCH3 is 2. The molecule has 2 N–H and O–H groups in total. The lowest BCUT2D eigenvalue weighted by atomic mass is 10.1. The summed E-state index contributed by atoms with van der Waals surface area (Å²) in [7, 11) is 7.20.